The van der Waals surface area contributed by atoms with Crippen LogP contribution in [0.15, 0.2) is 17.1 Å². The Labute approximate surface area is 146 Å². The minimum absolute atomic E-state index is 0.0671. The zero-order valence-electron chi connectivity index (χ0n) is 14.7. The number of hydrogen-bond donors (Lipinski definition) is 0. The van der Waals surface area contributed by atoms with Crippen LogP contribution in [-0.2, 0) is 20.9 Å². The van der Waals surface area contributed by atoms with Crippen LogP contribution in [0, 0.1) is 13.8 Å². The van der Waals surface area contributed by atoms with Crippen molar-refractivity contribution in [2.24, 2.45) is 4.99 Å². The minimum Gasteiger partial charge on any atom is -0.465 e. The van der Waals surface area contributed by atoms with E-state index in [-0.39, 0.29) is 18.4 Å². The fourth-order valence-corrected chi connectivity index (χ4v) is 3.87. The van der Waals surface area contributed by atoms with Gasteiger partial charge in [-0.3, -0.25) is 9.59 Å². The first-order chi connectivity index (χ1) is 11.5. The van der Waals surface area contributed by atoms with Gasteiger partial charge in [-0.15, -0.1) is 0 Å². The first-order valence-corrected chi connectivity index (χ1v) is 9.11. The summed E-state index contributed by atoms with van der Waals surface area (Å²) in [5.74, 6) is -0.463. The van der Waals surface area contributed by atoms with Gasteiger partial charge in [0.1, 0.15) is 6.54 Å². The van der Waals surface area contributed by atoms with Gasteiger partial charge < -0.3 is 9.30 Å². The third-order valence-corrected chi connectivity index (χ3v) is 4.69. The summed E-state index contributed by atoms with van der Waals surface area (Å²) in [5, 5.41) is 0. The molecule has 0 atom stereocenters. The van der Waals surface area contributed by atoms with Crippen molar-refractivity contribution in [1.82, 2.24) is 4.57 Å². The topological polar surface area (TPSA) is 60.7 Å². The maximum Gasteiger partial charge on any atom is 0.326 e. The fourth-order valence-electron chi connectivity index (χ4n) is 2.65. The van der Waals surface area contributed by atoms with Crippen LogP contribution >= 0.6 is 11.3 Å². The number of carbonyl (C=O) groups is 2. The molecule has 0 radical (unpaired) electrons. The molecule has 0 fully saturated rings. The van der Waals surface area contributed by atoms with Crippen molar-refractivity contribution in [2.45, 2.75) is 53.5 Å². The number of aryl methyl sites for hydroxylation is 2. The molecule has 1 aromatic heterocycles. The number of ether oxygens (including phenoxy) is 1. The quantitative estimate of drug-likeness (QED) is 0.751. The summed E-state index contributed by atoms with van der Waals surface area (Å²) in [4.78, 5) is 28.9. The zero-order valence-corrected chi connectivity index (χ0v) is 15.5. The standard InChI is InChI=1S/C18H24N2O3S/c1-5-7-8-15(21)19-18-20(11-16(22)23-6-2)17-13(4)9-12(3)10-14(17)24-18/h9-10H,5-8,11H2,1-4H3. The van der Waals surface area contributed by atoms with Crippen molar-refractivity contribution >= 4 is 33.4 Å². The third-order valence-electron chi connectivity index (χ3n) is 3.67. The Bertz CT molecular complexity index is 818. The van der Waals surface area contributed by atoms with E-state index in [2.05, 4.69) is 17.1 Å². The van der Waals surface area contributed by atoms with Crippen LogP contribution in [0.3, 0.4) is 0 Å². The smallest absolute Gasteiger partial charge is 0.326 e. The molecule has 0 spiro atoms. The van der Waals surface area contributed by atoms with E-state index in [9.17, 15) is 9.59 Å². The van der Waals surface area contributed by atoms with E-state index in [1.807, 2.05) is 20.8 Å². The second kappa shape index (κ2) is 8.24. The SMILES string of the molecule is CCCCC(=O)N=c1sc2cc(C)cc(C)c2n1CC(=O)OCC. The number of rotatable bonds is 6. The average molecular weight is 348 g/mol. The second-order valence-electron chi connectivity index (χ2n) is 5.81. The third kappa shape index (κ3) is 4.32. The highest BCUT2D eigenvalue weighted by molar-refractivity contribution is 7.16. The molecule has 1 amide bonds. The number of carbonyl (C=O) groups excluding carboxylic acids is 2. The summed E-state index contributed by atoms with van der Waals surface area (Å²) in [7, 11) is 0. The van der Waals surface area contributed by atoms with E-state index >= 15 is 0 Å². The maximum absolute atomic E-state index is 12.1. The van der Waals surface area contributed by atoms with Crippen molar-refractivity contribution in [1.29, 1.82) is 0 Å². The van der Waals surface area contributed by atoms with E-state index in [0.717, 1.165) is 34.2 Å². The van der Waals surface area contributed by atoms with Gasteiger partial charge in [0.2, 0.25) is 5.91 Å². The zero-order chi connectivity index (χ0) is 17.7. The Kier molecular flexibility index (Phi) is 6.31. The van der Waals surface area contributed by atoms with Crippen LogP contribution in [-0.4, -0.2) is 23.1 Å². The van der Waals surface area contributed by atoms with Gasteiger partial charge in [0, 0.05) is 6.42 Å². The number of aromatic nitrogens is 1. The number of fused-ring (bicyclic) bond motifs is 1. The molecule has 0 bridgehead atoms. The van der Waals surface area contributed by atoms with Crippen molar-refractivity contribution in [3.63, 3.8) is 0 Å². The van der Waals surface area contributed by atoms with E-state index in [4.69, 9.17) is 4.74 Å². The first-order valence-electron chi connectivity index (χ1n) is 8.30. The van der Waals surface area contributed by atoms with Gasteiger partial charge in [0.05, 0.1) is 16.8 Å². The summed E-state index contributed by atoms with van der Waals surface area (Å²) in [6.07, 6.45) is 2.21. The molecule has 0 saturated carbocycles. The summed E-state index contributed by atoms with van der Waals surface area (Å²) in [6.45, 7) is 8.26. The monoisotopic (exact) mass is 348 g/mol. The van der Waals surface area contributed by atoms with Gasteiger partial charge in [0.25, 0.3) is 0 Å². The lowest BCUT2D eigenvalue weighted by atomic mass is 10.1. The molecule has 2 aromatic rings. The lowest BCUT2D eigenvalue weighted by molar-refractivity contribution is -0.143. The number of amides is 1. The van der Waals surface area contributed by atoms with Gasteiger partial charge in [0.15, 0.2) is 4.80 Å². The Balaban J connectivity index is 2.56. The molecule has 0 unspecified atom stereocenters. The minimum atomic E-state index is -0.320. The van der Waals surface area contributed by atoms with Gasteiger partial charge >= 0.3 is 5.97 Å². The van der Waals surface area contributed by atoms with Crippen LogP contribution in [0.5, 0.6) is 0 Å². The van der Waals surface area contributed by atoms with Crippen molar-refractivity contribution in [3.05, 3.63) is 28.1 Å². The Morgan fingerprint density at radius 3 is 2.67 bits per heavy atom. The van der Waals surface area contributed by atoms with Crippen molar-refractivity contribution in [3.8, 4) is 0 Å². The molecule has 0 N–H and O–H groups in total. The normalized spacial score (nSPS) is 11.9. The lowest BCUT2D eigenvalue weighted by Gasteiger charge is -2.07. The molecule has 0 aliphatic heterocycles. The molecule has 0 aliphatic carbocycles. The highest BCUT2D eigenvalue weighted by atomic mass is 32.1. The first kappa shape index (κ1) is 18.4. The predicted molar refractivity (Wildman–Crippen MR) is 96.0 cm³/mol. The summed E-state index contributed by atoms with van der Waals surface area (Å²) in [6, 6.07) is 4.13. The highest BCUT2D eigenvalue weighted by Crippen LogP contribution is 2.23. The summed E-state index contributed by atoms with van der Waals surface area (Å²) >= 11 is 1.44. The number of unbranched alkanes of at least 4 members (excludes halogenated alkanes) is 1. The van der Waals surface area contributed by atoms with Gasteiger partial charge in [-0.05, 0) is 44.4 Å². The molecule has 1 aromatic carbocycles. The molecular weight excluding hydrogens is 324 g/mol. The molecular formula is C18H24N2O3S. The van der Waals surface area contributed by atoms with E-state index in [1.165, 1.54) is 11.3 Å². The van der Waals surface area contributed by atoms with Crippen molar-refractivity contribution < 1.29 is 14.3 Å². The van der Waals surface area contributed by atoms with Gasteiger partial charge in [-0.2, -0.15) is 4.99 Å². The van der Waals surface area contributed by atoms with Crippen LogP contribution in [0.1, 0.15) is 44.2 Å². The molecule has 130 valence electrons. The largest absolute Gasteiger partial charge is 0.465 e. The highest BCUT2D eigenvalue weighted by Gasteiger charge is 2.14. The molecule has 24 heavy (non-hydrogen) atoms. The maximum atomic E-state index is 12.1. The summed E-state index contributed by atoms with van der Waals surface area (Å²) < 4.78 is 7.90. The second-order valence-corrected chi connectivity index (χ2v) is 6.82. The Morgan fingerprint density at radius 1 is 1.25 bits per heavy atom. The number of thiazole rings is 1. The Hall–Kier alpha value is -1.95. The molecule has 0 aliphatic rings. The van der Waals surface area contributed by atoms with Crippen LogP contribution in [0.2, 0.25) is 0 Å². The molecule has 6 heteroatoms. The van der Waals surface area contributed by atoms with E-state index in [0.29, 0.717) is 17.8 Å². The Morgan fingerprint density at radius 2 is 2.00 bits per heavy atom. The van der Waals surface area contributed by atoms with Gasteiger partial charge in [-0.1, -0.05) is 30.7 Å². The number of nitrogens with zero attached hydrogens (tertiary/aromatic N) is 2. The van der Waals surface area contributed by atoms with Crippen LogP contribution in [0.25, 0.3) is 10.2 Å². The van der Waals surface area contributed by atoms with Crippen molar-refractivity contribution in [2.75, 3.05) is 6.61 Å². The van der Waals surface area contributed by atoms with Crippen LogP contribution < -0.4 is 4.80 Å². The van der Waals surface area contributed by atoms with E-state index in [1.54, 1.807) is 11.5 Å². The molecule has 5 nitrogen and oxygen atoms in total. The average Bonchev–Trinajstić information content (AvgIpc) is 2.82. The number of hydrogen-bond acceptors (Lipinski definition) is 4. The molecule has 1 heterocycles. The lowest BCUT2D eigenvalue weighted by Crippen LogP contribution is -2.23. The molecule has 2 rings (SSSR count). The predicted octanol–water partition coefficient (Wildman–Crippen LogP) is 3.50. The molecule has 0 saturated heterocycles. The number of esters is 1. The fraction of sp³-hybridized carbons (Fsp3) is 0.500. The van der Waals surface area contributed by atoms with Gasteiger partial charge in [-0.25, -0.2) is 0 Å². The van der Waals surface area contributed by atoms with Crippen LogP contribution in [0.4, 0.5) is 0 Å². The number of benzene rings is 1. The van der Waals surface area contributed by atoms with E-state index < -0.39 is 0 Å². The summed E-state index contributed by atoms with van der Waals surface area (Å²) in [5.41, 5.74) is 3.15.